The number of nitrogens with zero attached hydrogens (tertiary/aromatic N) is 6. The fourth-order valence-electron chi connectivity index (χ4n) is 2.28. The normalized spacial score (nSPS) is 11.6. The second-order valence-corrected chi connectivity index (χ2v) is 6.69. The van der Waals surface area contributed by atoms with Gasteiger partial charge >= 0.3 is 0 Å². The molecule has 0 radical (unpaired) electrons. The molecule has 0 spiro atoms. The number of rotatable bonds is 4. The van der Waals surface area contributed by atoms with E-state index in [1.807, 2.05) is 12.1 Å². The number of fused-ring (bicyclic) bond motifs is 1. The van der Waals surface area contributed by atoms with Crippen LogP contribution in [0.3, 0.4) is 0 Å². The second kappa shape index (κ2) is 5.54. The highest BCUT2D eigenvalue weighted by Crippen LogP contribution is 2.28. The Labute approximate surface area is 136 Å². The molecule has 0 saturated heterocycles. The van der Waals surface area contributed by atoms with Crippen LogP contribution in [0.5, 0.6) is 0 Å². The summed E-state index contributed by atoms with van der Waals surface area (Å²) in [4.78, 5) is 14.0. The predicted octanol–water partition coefficient (Wildman–Crippen LogP) is 3.10. The Morgan fingerprint density at radius 1 is 1.22 bits per heavy atom. The van der Waals surface area contributed by atoms with E-state index in [0.717, 1.165) is 27.6 Å². The molecule has 0 saturated carbocycles. The van der Waals surface area contributed by atoms with E-state index < -0.39 is 0 Å². The zero-order chi connectivity index (χ0) is 15.8. The van der Waals surface area contributed by atoms with Crippen LogP contribution in [0.25, 0.3) is 27.9 Å². The Hall–Kier alpha value is -2.61. The first kappa shape index (κ1) is 14.0. The molecule has 0 aliphatic rings. The molecular weight excluding hydrogens is 312 g/mol. The van der Waals surface area contributed by atoms with Gasteiger partial charge in [0, 0.05) is 18.7 Å². The molecule has 4 heterocycles. The standard InChI is InChI=1S/C15H14N6OS/c1-9(2)7-13-17-8-11(23-13)15-19-14(20-22-15)10-3-5-16-12-4-6-18-21(10)12/h3-6,8-9H,7H2,1-2H3. The van der Waals surface area contributed by atoms with Gasteiger partial charge in [0.15, 0.2) is 5.65 Å². The van der Waals surface area contributed by atoms with Gasteiger partial charge in [-0.05, 0) is 12.0 Å². The molecule has 0 bridgehead atoms. The zero-order valence-electron chi connectivity index (χ0n) is 12.7. The summed E-state index contributed by atoms with van der Waals surface area (Å²) in [5.41, 5.74) is 1.48. The molecule has 4 aromatic heterocycles. The Balaban J connectivity index is 1.69. The van der Waals surface area contributed by atoms with Crippen LogP contribution in [0.2, 0.25) is 0 Å². The molecule has 0 aliphatic carbocycles. The molecule has 0 aliphatic heterocycles. The lowest BCUT2D eigenvalue weighted by molar-refractivity contribution is 0.432. The molecular formula is C15H14N6OS. The van der Waals surface area contributed by atoms with Crippen molar-refractivity contribution in [3.8, 4) is 22.3 Å². The topological polar surface area (TPSA) is 82.0 Å². The van der Waals surface area contributed by atoms with E-state index >= 15 is 0 Å². The average molecular weight is 326 g/mol. The molecule has 0 amide bonds. The van der Waals surface area contributed by atoms with Crippen LogP contribution in [-0.2, 0) is 6.42 Å². The molecule has 0 fully saturated rings. The summed E-state index contributed by atoms with van der Waals surface area (Å²) in [6, 6.07) is 3.64. The van der Waals surface area contributed by atoms with E-state index in [0.29, 0.717) is 17.6 Å². The lowest BCUT2D eigenvalue weighted by Gasteiger charge is -1.98. The van der Waals surface area contributed by atoms with Gasteiger partial charge < -0.3 is 4.52 Å². The predicted molar refractivity (Wildman–Crippen MR) is 85.9 cm³/mol. The number of thiazole rings is 1. The van der Waals surface area contributed by atoms with Gasteiger partial charge in [0.05, 0.1) is 17.4 Å². The third-order valence-electron chi connectivity index (χ3n) is 3.29. The molecule has 4 aromatic rings. The maximum absolute atomic E-state index is 5.40. The first-order valence-corrected chi connectivity index (χ1v) is 8.10. The molecule has 4 rings (SSSR count). The van der Waals surface area contributed by atoms with Crippen LogP contribution >= 0.6 is 11.3 Å². The zero-order valence-corrected chi connectivity index (χ0v) is 13.5. The number of aromatic nitrogens is 6. The minimum atomic E-state index is 0.477. The Kier molecular flexibility index (Phi) is 3.38. The largest absolute Gasteiger partial charge is 0.333 e. The summed E-state index contributed by atoms with van der Waals surface area (Å²) >= 11 is 1.59. The van der Waals surface area contributed by atoms with Crippen molar-refractivity contribution in [3.05, 3.63) is 35.7 Å². The van der Waals surface area contributed by atoms with Crippen molar-refractivity contribution >= 4 is 17.0 Å². The fraction of sp³-hybridized carbons (Fsp3) is 0.267. The molecule has 0 unspecified atom stereocenters. The SMILES string of the molecule is CC(C)Cc1ncc(-c2nc(-c3ccnc4ccnn34)no2)s1. The molecule has 7 nitrogen and oxygen atoms in total. The molecule has 23 heavy (non-hydrogen) atoms. The van der Waals surface area contributed by atoms with Crippen molar-refractivity contribution in [1.82, 2.24) is 29.7 Å². The highest BCUT2D eigenvalue weighted by molar-refractivity contribution is 7.15. The first-order chi connectivity index (χ1) is 11.2. The summed E-state index contributed by atoms with van der Waals surface area (Å²) < 4.78 is 7.08. The summed E-state index contributed by atoms with van der Waals surface area (Å²) in [5, 5.41) is 9.38. The van der Waals surface area contributed by atoms with Crippen LogP contribution in [0.1, 0.15) is 18.9 Å². The third-order valence-corrected chi connectivity index (χ3v) is 4.30. The van der Waals surface area contributed by atoms with E-state index in [1.54, 1.807) is 34.4 Å². The van der Waals surface area contributed by atoms with E-state index in [2.05, 4.69) is 39.1 Å². The van der Waals surface area contributed by atoms with Gasteiger partial charge in [-0.2, -0.15) is 10.1 Å². The maximum atomic E-state index is 5.40. The van der Waals surface area contributed by atoms with Gasteiger partial charge in [-0.1, -0.05) is 19.0 Å². The van der Waals surface area contributed by atoms with Crippen molar-refractivity contribution in [3.63, 3.8) is 0 Å². The van der Waals surface area contributed by atoms with Crippen molar-refractivity contribution in [2.75, 3.05) is 0 Å². The van der Waals surface area contributed by atoms with Crippen LogP contribution in [-0.4, -0.2) is 29.7 Å². The quantitative estimate of drug-likeness (QED) is 0.573. The fourth-order valence-corrected chi connectivity index (χ4v) is 3.34. The van der Waals surface area contributed by atoms with Crippen LogP contribution in [0.15, 0.2) is 35.2 Å². The van der Waals surface area contributed by atoms with Crippen LogP contribution < -0.4 is 0 Å². The molecule has 0 N–H and O–H groups in total. The van der Waals surface area contributed by atoms with E-state index in [-0.39, 0.29) is 0 Å². The van der Waals surface area contributed by atoms with Gasteiger partial charge in [0.2, 0.25) is 5.82 Å². The summed E-state index contributed by atoms with van der Waals surface area (Å²) in [6.45, 7) is 4.34. The second-order valence-electron chi connectivity index (χ2n) is 5.57. The van der Waals surface area contributed by atoms with Crippen molar-refractivity contribution in [1.29, 1.82) is 0 Å². The van der Waals surface area contributed by atoms with E-state index in [4.69, 9.17) is 4.52 Å². The Morgan fingerprint density at radius 3 is 3.00 bits per heavy atom. The molecule has 8 heteroatoms. The van der Waals surface area contributed by atoms with Gasteiger partial charge in [0.25, 0.3) is 5.89 Å². The van der Waals surface area contributed by atoms with Gasteiger partial charge in [-0.25, -0.2) is 14.5 Å². The minimum absolute atomic E-state index is 0.477. The highest BCUT2D eigenvalue weighted by atomic mass is 32.1. The molecule has 0 aromatic carbocycles. The van der Waals surface area contributed by atoms with E-state index in [1.165, 1.54) is 0 Å². The summed E-state index contributed by atoms with van der Waals surface area (Å²) in [7, 11) is 0. The van der Waals surface area contributed by atoms with Gasteiger partial charge in [0.1, 0.15) is 10.6 Å². The summed E-state index contributed by atoms with van der Waals surface area (Å²) in [6.07, 6.45) is 6.13. The van der Waals surface area contributed by atoms with Gasteiger partial charge in [-0.15, -0.1) is 11.3 Å². The lowest BCUT2D eigenvalue weighted by Crippen LogP contribution is -1.96. The lowest BCUT2D eigenvalue weighted by atomic mass is 10.1. The van der Waals surface area contributed by atoms with Crippen molar-refractivity contribution < 1.29 is 4.52 Å². The monoisotopic (exact) mass is 326 g/mol. The number of hydrogen-bond donors (Lipinski definition) is 0. The third kappa shape index (κ3) is 2.61. The minimum Gasteiger partial charge on any atom is -0.333 e. The highest BCUT2D eigenvalue weighted by Gasteiger charge is 2.16. The van der Waals surface area contributed by atoms with Crippen molar-refractivity contribution in [2.45, 2.75) is 20.3 Å². The average Bonchev–Trinajstić information content (AvgIpc) is 3.26. The Bertz CT molecular complexity index is 954. The molecule has 116 valence electrons. The Morgan fingerprint density at radius 2 is 2.13 bits per heavy atom. The summed E-state index contributed by atoms with van der Waals surface area (Å²) in [5.74, 6) is 1.52. The molecule has 0 atom stereocenters. The smallest absolute Gasteiger partial charge is 0.270 e. The van der Waals surface area contributed by atoms with Crippen LogP contribution in [0.4, 0.5) is 0 Å². The van der Waals surface area contributed by atoms with E-state index in [9.17, 15) is 0 Å². The number of hydrogen-bond acceptors (Lipinski definition) is 7. The first-order valence-electron chi connectivity index (χ1n) is 7.28. The van der Waals surface area contributed by atoms with Crippen LogP contribution in [0, 0.1) is 5.92 Å². The van der Waals surface area contributed by atoms with Gasteiger partial charge in [-0.3, -0.25) is 0 Å². The van der Waals surface area contributed by atoms with Crippen molar-refractivity contribution in [2.24, 2.45) is 5.92 Å². The maximum Gasteiger partial charge on any atom is 0.270 e.